The second-order valence-electron chi connectivity index (χ2n) is 5.24. The summed E-state index contributed by atoms with van der Waals surface area (Å²) in [6.45, 7) is 2.69. The SMILES string of the molecule is CN(C)CCCNC(=O)N1CCCCC1CCO. The molecule has 0 bridgehead atoms. The van der Waals surface area contributed by atoms with E-state index < -0.39 is 0 Å². The molecule has 5 nitrogen and oxygen atoms in total. The number of urea groups is 1. The number of likely N-dealkylation sites (tertiary alicyclic amines) is 1. The lowest BCUT2D eigenvalue weighted by molar-refractivity contribution is 0.131. The third-order valence-corrected chi connectivity index (χ3v) is 3.41. The molecule has 18 heavy (non-hydrogen) atoms. The van der Waals surface area contributed by atoms with Crippen LogP contribution in [0.25, 0.3) is 0 Å². The van der Waals surface area contributed by atoms with Crippen LogP contribution >= 0.6 is 0 Å². The first-order valence-corrected chi connectivity index (χ1v) is 6.95. The Balaban J connectivity index is 2.29. The van der Waals surface area contributed by atoms with Crippen LogP contribution in [0.4, 0.5) is 4.79 Å². The second kappa shape index (κ2) is 8.32. The molecule has 1 saturated heterocycles. The standard InChI is InChI=1S/C13H27N3O2/c1-15(2)9-5-8-14-13(18)16-10-4-3-6-12(16)7-11-17/h12,17H,3-11H2,1-2H3,(H,14,18). The van der Waals surface area contributed by atoms with Gasteiger partial charge in [-0.3, -0.25) is 0 Å². The lowest BCUT2D eigenvalue weighted by Crippen LogP contribution is -2.49. The molecule has 1 unspecified atom stereocenters. The van der Waals surface area contributed by atoms with Crippen LogP contribution in [0.5, 0.6) is 0 Å². The first-order valence-electron chi connectivity index (χ1n) is 6.95. The maximum absolute atomic E-state index is 12.0. The summed E-state index contributed by atoms with van der Waals surface area (Å²) in [4.78, 5) is 16.1. The molecule has 1 heterocycles. The number of nitrogens with zero attached hydrogens (tertiary/aromatic N) is 2. The lowest BCUT2D eigenvalue weighted by atomic mass is 10.0. The minimum absolute atomic E-state index is 0.0342. The maximum Gasteiger partial charge on any atom is 0.317 e. The van der Waals surface area contributed by atoms with Crippen LogP contribution in [0.3, 0.4) is 0 Å². The van der Waals surface area contributed by atoms with Crippen LogP contribution < -0.4 is 5.32 Å². The zero-order valence-corrected chi connectivity index (χ0v) is 11.7. The van der Waals surface area contributed by atoms with Gasteiger partial charge in [-0.1, -0.05) is 0 Å². The summed E-state index contributed by atoms with van der Waals surface area (Å²) in [6.07, 6.45) is 4.93. The molecular formula is C13H27N3O2. The molecule has 2 amide bonds. The van der Waals surface area contributed by atoms with Crippen molar-refractivity contribution in [2.45, 2.75) is 38.1 Å². The summed E-state index contributed by atoms with van der Waals surface area (Å²) in [5.74, 6) is 0. The van der Waals surface area contributed by atoms with Gasteiger partial charge >= 0.3 is 6.03 Å². The molecule has 2 N–H and O–H groups in total. The van der Waals surface area contributed by atoms with E-state index in [0.717, 1.165) is 45.3 Å². The van der Waals surface area contributed by atoms with Crippen LogP contribution in [0.15, 0.2) is 0 Å². The Labute approximate surface area is 110 Å². The highest BCUT2D eigenvalue weighted by molar-refractivity contribution is 5.74. The van der Waals surface area contributed by atoms with E-state index in [0.29, 0.717) is 6.42 Å². The summed E-state index contributed by atoms with van der Waals surface area (Å²) in [5, 5.41) is 12.0. The van der Waals surface area contributed by atoms with Crippen LogP contribution in [0.1, 0.15) is 32.1 Å². The van der Waals surface area contributed by atoms with Gasteiger partial charge in [0.15, 0.2) is 0 Å². The average molecular weight is 257 g/mol. The Kier molecular flexibility index (Phi) is 7.05. The van der Waals surface area contributed by atoms with Crippen molar-refractivity contribution in [3.05, 3.63) is 0 Å². The Morgan fingerprint density at radius 1 is 1.44 bits per heavy atom. The second-order valence-corrected chi connectivity index (χ2v) is 5.24. The number of aliphatic hydroxyl groups excluding tert-OH is 1. The quantitative estimate of drug-likeness (QED) is 0.695. The zero-order valence-electron chi connectivity index (χ0n) is 11.7. The summed E-state index contributed by atoms with van der Waals surface area (Å²) >= 11 is 0. The lowest BCUT2D eigenvalue weighted by Gasteiger charge is -2.35. The molecule has 0 saturated carbocycles. The number of hydrogen-bond acceptors (Lipinski definition) is 3. The molecule has 1 aliphatic rings. The number of piperidine rings is 1. The van der Waals surface area contributed by atoms with Gasteiger partial charge in [0, 0.05) is 25.7 Å². The molecule has 5 heteroatoms. The molecule has 0 spiro atoms. The fraction of sp³-hybridized carbons (Fsp3) is 0.923. The molecular weight excluding hydrogens is 230 g/mol. The van der Waals surface area contributed by atoms with Crippen LogP contribution in [-0.4, -0.2) is 67.3 Å². The highest BCUT2D eigenvalue weighted by Crippen LogP contribution is 2.19. The summed E-state index contributed by atoms with van der Waals surface area (Å²) in [7, 11) is 4.06. The Morgan fingerprint density at radius 2 is 2.22 bits per heavy atom. The van der Waals surface area contributed by atoms with Crippen LogP contribution in [-0.2, 0) is 0 Å². The number of carbonyl (C=O) groups excluding carboxylic acids is 1. The Morgan fingerprint density at radius 3 is 2.89 bits per heavy atom. The first-order chi connectivity index (χ1) is 8.65. The van der Waals surface area contributed by atoms with E-state index >= 15 is 0 Å². The van der Waals surface area contributed by atoms with E-state index in [9.17, 15) is 4.79 Å². The number of rotatable bonds is 6. The predicted molar refractivity (Wildman–Crippen MR) is 72.6 cm³/mol. The van der Waals surface area contributed by atoms with Crippen molar-refractivity contribution < 1.29 is 9.90 Å². The number of carbonyl (C=O) groups is 1. The normalized spacial score (nSPS) is 20.2. The van der Waals surface area contributed by atoms with Crippen molar-refractivity contribution in [2.75, 3.05) is 40.3 Å². The number of hydrogen-bond donors (Lipinski definition) is 2. The monoisotopic (exact) mass is 257 g/mol. The zero-order chi connectivity index (χ0) is 13.4. The van der Waals surface area contributed by atoms with Crippen LogP contribution in [0, 0.1) is 0 Å². The van der Waals surface area contributed by atoms with Gasteiger partial charge in [-0.25, -0.2) is 4.79 Å². The largest absolute Gasteiger partial charge is 0.396 e. The van der Waals surface area contributed by atoms with Gasteiger partial charge in [0.25, 0.3) is 0 Å². The molecule has 0 aromatic carbocycles. The van der Waals surface area contributed by atoms with E-state index in [4.69, 9.17) is 5.11 Å². The van der Waals surface area contributed by atoms with Gasteiger partial charge in [-0.15, -0.1) is 0 Å². The van der Waals surface area contributed by atoms with Gasteiger partial charge in [0.1, 0.15) is 0 Å². The summed E-state index contributed by atoms with van der Waals surface area (Å²) in [5.41, 5.74) is 0. The number of aliphatic hydroxyl groups is 1. The predicted octanol–water partition coefficient (Wildman–Crippen LogP) is 0.885. The van der Waals surface area contributed by atoms with Gasteiger partial charge in [0.2, 0.25) is 0 Å². The topological polar surface area (TPSA) is 55.8 Å². The molecule has 1 aliphatic heterocycles. The fourth-order valence-electron chi connectivity index (χ4n) is 2.41. The molecule has 1 fully saturated rings. The van der Waals surface area contributed by atoms with Crippen molar-refractivity contribution in [1.82, 2.24) is 15.1 Å². The number of amides is 2. The van der Waals surface area contributed by atoms with Crippen molar-refractivity contribution in [3.8, 4) is 0 Å². The van der Waals surface area contributed by atoms with E-state index in [1.807, 2.05) is 19.0 Å². The smallest absolute Gasteiger partial charge is 0.317 e. The minimum atomic E-state index is 0.0342. The maximum atomic E-state index is 12.0. The van der Waals surface area contributed by atoms with E-state index in [-0.39, 0.29) is 18.7 Å². The fourth-order valence-corrected chi connectivity index (χ4v) is 2.41. The summed E-state index contributed by atoms with van der Waals surface area (Å²) < 4.78 is 0. The van der Waals surface area contributed by atoms with Gasteiger partial charge in [0.05, 0.1) is 0 Å². The van der Waals surface area contributed by atoms with Crippen molar-refractivity contribution in [1.29, 1.82) is 0 Å². The Bertz CT molecular complexity index is 244. The third kappa shape index (κ3) is 5.23. The van der Waals surface area contributed by atoms with Crippen molar-refractivity contribution >= 4 is 6.03 Å². The summed E-state index contributed by atoms with van der Waals surface area (Å²) in [6, 6.07) is 0.254. The molecule has 0 aromatic heterocycles. The van der Waals surface area contributed by atoms with E-state index in [1.165, 1.54) is 0 Å². The molecule has 106 valence electrons. The third-order valence-electron chi connectivity index (χ3n) is 3.41. The van der Waals surface area contributed by atoms with Crippen molar-refractivity contribution in [3.63, 3.8) is 0 Å². The van der Waals surface area contributed by atoms with E-state index in [1.54, 1.807) is 0 Å². The highest BCUT2D eigenvalue weighted by Gasteiger charge is 2.25. The van der Waals surface area contributed by atoms with Crippen molar-refractivity contribution in [2.24, 2.45) is 0 Å². The molecule has 1 rings (SSSR count). The van der Waals surface area contributed by atoms with Gasteiger partial charge in [-0.2, -0.15) is 0 Å². The first kappa shape index (κ1) is 15.2. The van der Waals surface area contributed by atoms with Gasteiger partial charge in [-0.05, 0) is 52.7 Å². The molecule has 0 aromatic rings. The van der Waals surface area contributed by atoms with Gasteiger partial charge < -0.3 is 20.2 Å². The average Bonchev–Trinajstić information content (AvgIpc) is 2.35. The molecule has 0 radical (unpaired) electrons. The molecule has 0 aliphatic carbocycles. The van der Waals surface area contributed by atoms with E-state index in [2.05, 4.69) is 10.2 Å². The number of nitrogens with one attached hydrogen (secondary N) is 1. The minimum Gasteiger partial charge on any atom is -0.396 e. The Hall–Kier alpha value is -0.810. The highest BCUT2D eigenvalue weighted by atomic mass is 16.3. The molecule has 1 atom stereocenters. The van der Waals surface area contributed by atoms with Crippen LogP contribution in [0.2, 0.25) is 0 Å².